The smallest absolute Gasteiger partial charge is 0.258 e. The van der Waals surface area contributed by atoms with Gasteiger partial charge in [-0.05, 0) is 42.2 Å². The predicted molar refractivity (Wildman–Crippen MR) is 88.0 cm³/mol. The average Bonchev–Trinajstić information content (AvgIpc) is 2.53. The van der Waals surface area contributed by atoms with Crippen LogP contribution in [0.15, 0.2) is 48.5 Å². The van der Waals surface area contributed by atoms with Crippen LogP contribution in [0.2, 0.25) is 0 Å². The van der Waals surface area contributed by atoms with Crippen LogP contribution in [0.5, 0.6) is 0 Å². The van der Waals surface area contributed by atoms with Crippen LogP contribution in [0.25, 0.3) is 0 Å². The highest BCUT2D eigenvalue weighted by molar-refractivity contribution is 6.06. The first-order valence-corrected chi connectivity index (χ1v) is 6.98. The van der Waals surface area contributed by atoms with Gasteiger partial charge in [-0.25, -0.2) is 0 Å². The second-order valence-electron chi connectivity index (χ2n) is 5.09. The van der Waals surface area contributed by atoms with Crippen molar-refractivity contribution in [3.05, 3.63) is 65.2 Å². The fourth-order valence-corrected chi connectivity index (χ4v) is 2.73. The highest BCUT2D eigenvalue weighted by atomic mass is 35.5. The van der Waals surface area contributed by atoms with E-state index in [0.29, 0.717) is 12.1 Å². The molecular formula is C17H19ClN2O. The van der Waals surface area contributed by atoms with Gasteiger partial charge < -0.3 is 10.6 Å². The molecule has 0 saturated heterocycles. The molecule has 0 spiro atoms. The molecule has 3 rings (SSSR count). The van der Waals surface area contributed by atoms with Crippen molar-refractivity contribution < 1.29 is 4.79 Å². The first-order valence-electron chi connectivity index (χ1n) is 6.98. The van der Waals surface area contributed by atoms with Crippen LogP contribution in [0.4, 0.5) is 5.69 Å². The first kappa shape index (κ1) is 15.5. The summed E-state index contributed by atoms with van der Waals surface area (Å²) in [6.45, 7) is 1.24. The number of fused-ring (bicyclic) bond motifs is 1. The van der Waals surface area contributed by atoms with E-state index in [2.05, 4.69) is 6.07 Å². The van der Waals surface area contributed by atoms with E-state index in [4.69, 9.17) is 5.73 Å². The van der Waals surface area contributed by atoms with Crippen LogP contribution in [0.3, 0.4) is 0 Å². The molecule has 0 aliphatic carbocycles. The van der Waals surface area contributed by atoms with Gasteiger partial charge in [-0.2, -0.15) is 0 Å². The lowest BCUT2D eigenvalue weighted by Crippen LogP contribution is -2.35. The van der Waals surface area contributed by atoms with Crippen LogP contribution in [-0.2, 0) is 13.0 Å². The molecule has 3 nitrogen and oxygen atoms in total. The summed E-state index contributed by atoms with van der Waals surface area (Å²) in [6, 6.07) is 15.7. The van der Waals surface area contributed by atoms with E-state index in [9.17, 15) is 4.79 Å². The zero-order chi connectivity index (χ0) is 13.9. The zero-order valence-corrected chi connectivity index (χ0v) is 12.6. The molecule has 0 unspecified atom stereocenters. The second kappa shape index (κ2) is 6.74. The van der Waals surface area contributed by atoms with E-state index in [1.54, 1.807) is 0 Å². The largest absolute Gasteiger partial charge is 0.326 e. The number of hydrogen-bond acceptors (Lipinski definition) is 2. The Bertz CT molecular complexity index is 642. The molecule has 0 saturated carbocycles. The quantitative estimate of drug-likeness (QED) is 0.926. The summed E-state index contributed by atoms with van der Waals surface area (Å²) in [5, 5.41) is 0. The Kier molecular flexibility index (Phi) is 4.99. The van der Waals surface area contributed by atoms with E-state index in [1.165, 1.54) is 5.56 Å². The minimum absolute atomic E-state index is 0. The number of halogens is 1. The van der Waals surface area contributed by atoms with Crippen LogP contribution in [0.1, 0.15) is 27.9 Å². The van der Waals surface area contributed by atoms with Gasteiger partial charge in [0, 0.05) is 24.3 Å². The molecule has 2 N–H and O–H groups in total. The van der Waals surface area contributed by atoms with Crippen molar-refractivity contribution in [1.29, 1.82) is 0 Å². The van der Waals surface area contributed by atoms with Crippen molar-refractivity contribution in [2.75, 3.05) is 11.4 Å². The molecule has 21 heavy (non-hydrogen) atoms. The minimum atomic E-state index is 0. The summed E-state index contributed by atoms with van der Waals surface area (Å²) in [4.78, 5) is 14.6. The number of nitrogens with zero attached hydrogens (tertiary/aromatic N) is 1. The fourth-order valence-electron chi connectivity index (χ4n) is 2.73. The predicted octanol–water partition coefficient (Wildman–Crippen LogP) is 3.16. The SMILES string of the molecule is Cl.NCc1cccc(C(=O)N2CCCc3ccccc32)c1. The van der Waals surface area contributed by atoms with Gasteiger partial charge in [-0.15, -0.1) is 12.4 Å². The van der Waals surface area contributed by atoms with E-state index >= 15 is 0 Å². The summed E-state index contributed by atoms with van der Waals surface area (Å²) in [7, 11) is 0. The van der Waals surface area contributed by atoms with Crippen molar-refractivity contribution in [2.45, 2.75) is 19.4 Å². The Morgan fingerprint density at radius 2 is 1.95 bits per heavy atom. The van der Waals surface area contributed by atoms with E-state index in [1.807, 2.05) is 47.4 Å². The highest BCUT2D eigenvalue weighted by Gasteiger charge is 2.23. The van der Waals surface area contributed by atoms with Crippen LogP contribution in [-0.4, -0.2) is 12.5 Å². The summed E-state index contributed by atoms with van der Waals surface area (Å²) in [5.41, 5.74) is 9.64. The normalized spacial score (nSPS) is 13.3. The van der Waals surface area contributed by atoms with E-state index in [0.717, 1.165) is 30.6 Å². The van der Waals surface area contributed by atoms with Crippen molar-refractivity contribution in [1.82, 2.24) is 0 Å². The maximum atomic E-state index is 12.7. The lowest BCUT2D eigenvalue weighted by molar-refractivity contribution is 0.0985. The maximum absolute atomic E-state index is 12.7. The summed E-state index contributed by atoms with van der Waals surface area (Å²) < 4.78 is 0. The molecule has 4 heteroatoms. The van der Waals surface area contributed by atoms with Gasteiger partial charge in [0.15, 0.2) is 0 Å². The van der Waals surface area contributed by atoms with Crippen molar-refractivity contribution in [2.24, 2.45) is 5.73 Å². The van der Waals surface area contributed by atoms with Gasteiger partial charge in [0.25, 0.3) is 5.91 Å². The van der Waals surface area contributed by atoms with E-state index < -0.39 is 0 Å². The maximum Gasteiger partial charge on any atom is 0.258 e. The number of benzene rings is 2. The summed E-state index contributed by atoms with van der Waals surface area (Å²) in [6.07, 6.45) is 2.06. The molecular weight excluding hydrogens is 284 g/mol. The monoisotopic (exact) mass is 302 g/mol. The number of para-hydroxylation sites is 1. The Morgan fingerprint density at radius 1 is 1.14 bits per heavy atom. The Hall–Kier alpha value is -1.84. The standard InChI is InChI=1S/C17H18N2O.ClH/c18-12-13-5-3-7-15(11-13)17(20)19-10-4-8-14-6-1-2-9-16(14)19;/h1-3,5-7,9,11H,4,8,10,12,18H2;1H. The number of hydrogen-bond donors (Lipinski definition) is 1. The molecule has 110 valence electrons. The lowest BCUT2D eigenvalue weighted by Gasteiger charge is -2.29. The zero-order valence-electron chi connectivity index (χ0n) is 11.8. The highest BCUT2D eigenvalue weighted by Crippen LogP contribution is 2.28. The molecule has 1 aliphatic rings. The summed E-state index contributed by atoms with van der Waals surface area (Å²) in [5.74, 6) is 0.0625. The van der Waals surface area contributed by atoms with Gasteiger partial charge in [0.1, 0.15) is 0 Å². The molecule has 0 aromatic heterocycles. The van der Waals surface area contributed by atoms with Crippen molar-refractivity contribution >= 4 is 24.0 Å². The first-order chi connectivity index (χ1) is 9.79. The Morgan fingerprint density at radius 3 is 2.76 bits per heavy atom. The summed E-state index contributed by atoms with van der Waals surface area (Å²) >= 11 is 0. The number of carbonyl (C=O) groups is 1. The molecule has 0 fully saturated rings. The van der Waals surface area contributed by atoms with Crippen molar-refractivity contribution in [3.63, 3.8) is 0 Å². The van der Waals surface area contributed by atoms with E-state index in [-0.39, 0.29) is 18.3 Å². The molecule has 0 atom stereocenters. The third kappa shape index (κ3) is 3.09. The molecule has 1 amide bonds. The van der Waals surface area contributed by atoms with Gasteiger partial charge in [0.05, 0.1) is 0 Å². The van der Waals surface area contributed by atoms with Gasteiger partial charge in [0.2, 0.25) is 0 Å². The fraction of sp³-hybridized carbons (Fsp3) is 0.235. The van der Waals surface area contributed by atoms with Crippen LogP contribution >= 0.6 is 12.4 Å². The molecule has 1 aliphatic heterocycles. The van der Waals surface area contributed by atoms with Crippen LogP contribution < -0.4 is 10.6 Å². The number of carbonyl (C=O) groups excluding carboxylic acids is 1. The van der Waals surface area contributed by atoms with Crippen molar-refractivity contribution in [3.8, 4) is 0 Å². The van der Waals surface area contributed by atoms with Gasteiger partial charge >= 0.3 is 0 Å². The van der Waals surface area contributed by atoms with Gasteiger partial charge in [-0.3, -0.25) is 4.79 Å². The number of nitrogens with two attached hydrogens (primary N) is 1. The van der Waals surface area contributed by atoms with Crippen LogP contribution in [0, 0.1) is 0 Å². The molecule has 2 aromatic carbocycles. The molecule has 1 heterocycles. The topological polar surface area (TPSA) is 46.3 Å². The number of amides is 1. The Balaban J connectivity index is 0.00000161. The number of rotatable bonds is 2. The minimum Gasteiger partial charge on any atom is -0.326 e. The third-order valence-corrected chi connectivity index (χ3v) is 3.77. The Labute approximate surface area is 131 Å². The molecule has 2 aromatic rings. The number of anilines is 1. The lowest BCUT2D eigenvalue weighted by atomic mass is 10.0. The average molecular weight is 303 g/mol. The number of aryl methyl sites for hydroxylation is 1. The molecule has 0 radical (unpaired) electrons. The second-order valence-corrected chi connectivity index (χ2v) is 5.09. The molecule has 0 bridgehead atoms. The van der Waals surface area contributed by atoms with Gasteiger partial charge in [-0.1, -0.05) is 30.3 Å². The third-order valence-electron chi connectivity index (χ3n) is 3.77.